The monoisotopic (exact) mass is 380 g/mol. The summed E-state index contributed by atoms with van der Waals surface area (Å²) in [5.74, 6) is -0.568. The van der Waals surface area contributed by atoms with Crippen LogP contribution in [0.15, 0.2) is 47.7 Å². The van der Waals surface area contributed by atoms with Crippen LogP contribution in [-0.4, -0.2) is 48.5 Å². The number of aliphatic hydroxyl groups is 1. The third-order valence-corrected chi connectivity index (χ3v) is 5.21. The van der Waals surface area contributed by atoms with Gasteiger partial charge in [-0.3, -0.25) is 19.0 Å². The van der Waals surface area contributed by atoms with Crippen molar-refractivity contribution in [2.24, 2.45) is 0 Å². The number of rotatable bonds is 2. The van der Waals surface area contributed by atoms with Crippen LogP contribution < -0.4 is 5.56 Å². The van der Waals surface area contributed by atoms with Gasteiger partial charge in [0.25, 0.3) is 11.5 Å². The molecule has 1 aliphatic rings. The second-order valence-electron chi connectivity index (χ2n) is 7.11. The Morgan fingerprint density at radius 2 is 1.89 bits per heavy atom. The van der Waals surface area contributed by atoms with Gasteiger partial charge >= 0.3 is 0 Å². The average molecular weight is 380 g/mol. The van der Waals surface area contributed by atoms with Crippen LogP contribution in [0, 0.1) is 6.92 Å². The van der Waals surface area contributed by atoms with Gasteiger partial charge < -0.3 is 15.1 Å². The number of carbonyl (C=O) groups excluding carboxylic acids is 1. The van der Waals surface area contributed by atoms with E-state index in [-0.39, 0.29) is 17.0 Å². The maximum Gasteiger partial charge on any atom is 0.270 e. The molecule has 8 nitrogen and oxygen atoms in total. The van der Waals surface area contributed by atoms with Gasteiger partial charge in [-0.2, -0.15) is 0 Å². The van der Waals surface area contributed by atoms with Crippen molar-refractivity contribution >= 4 is 11.6 Å². The summed E-state index contributed by atoms with van der Waals surface area (Å²) in [5.41, 5.74) is 0.00675. The molecule has 1 aliphatic heterocycles. The van der Waals surface area contributed by atoms with Gasteiger partial charge in [-0.1, -0.05) is 6.07 Å². The van der Waals surface area contributed by atoms with Crippen LogP contribution in [0.1, 0.15) is 34.5 Å². The highest BCUT2D eigenvalue weighted by molar-refractivity contribution is 5.94. The molecule has 0 bridgehead atoms. The van der Waals surface area contributed by atoms with Gasteiger partial charge in [0, 0.05) is 31.7 Å². The summed E-state index contributed by atoms with van der Waals surface area (Å²) in [5, 5.41) is 20.7. The minimum absolute atomic E-state index is 0.0676. The van der Waals surface area contributed by atoms with Crippen molar-refractivity contribution < 1.29 is 15.0 Å². The van der Waals surface area contributed by atoms with Crippen molar-refractivity contribution in [3.8, 4) is 5.75 Å². The Morgan fingerprint density at radius 3 is 2.57 bits per heavy atom. The van der Waals surface area contributed by atoms with Gasteiger partial charge in [0.2, 0.25) is 0 Å². The molecular weight excluding hydrogens is 360 g/mol. The summed E-state index contributed by atoms with van der Waals surface area (Å²) in [4.78, 5) is 35.4. The Balaban J connectivity index is 1.56. The van der Waals surface area contributed by atoms with Crippen molar-refractivity contribution in [2.45, 2.75) is 25.4 Å². The molecule has 0 saturated carbocycles. The lowest BCUT2D eigenvalue weighted by atomic mass is 9.87. The molecule has 4 rings (SSSR count). The van der Waals surface area contributed by atoms with Crippen LogP contribution in [-0.2, 0) is 5.60 Å². The molecule has 0 aliphatic carbocycles. The van der Waals surface area contributed by atoms with Gasteiger partial charge in [0.05, 0.1) is 5.69 Å². The van der Waals surface area contributed by atoms with Gasteiger partial charge in [-0.15, -0.1) is 0 Å². The first-order chi connectivity index (χ1) is 13.4. The largest absolute Gasteiger partial charge is 0.504 e. The second kappa shape index (κ2) is 6.72. The number of pyridine rings is 2. The van der Waals surface area contributed by atoms with Crippen LogP contribution in [0.3, 0.4) is 0 Å². The Bertz CT molecular complexity index is 1100. The number of carbonyl (C=O) groups is 1. The first-order valence-corrected chi connectivity index (χ1v) is 9.03. The summed E-state index contributed by atoms with van der Waals surface area (Å²) < 4.78 is 1.15. The highest BCUT2D eigenvalue weighted by Crippen LogP contribution is 2.32. The van der Waals surface area contributed by atoms with Gasteiger partial charge in [-0.05, 0) is 43.5 Å². The third kappa shape index (κ3) is 3.01. The van der Waals surface area contributed by atoms with E-state index in [0.717, 1.165) is 9.96 Å². The van der Waals surface area contributed by atoms with Gasteiger partial charge in [-0.25, -0.2) is 4.98 Å². The van der Waals surface area contributed by atoms with Crippen LogP contribution >= 0.6 is 0 Å². The minimum atomic E-state index is -1.09. The normalized spacial score (nSPS) is 16.3. The minimum Gasteiger partial charge on any atom is -0.504 e. The molecule has 3 aromatic heterocycles. The SMILES string of the molecule is Cc1ccc(C2(O)CCN(C(=O)c3cnc4c(O)cccn4c3=O)CC2)nc1. The molecule has 1 amide bonds. The highest BCUT2D eigenvalue weighted by Gasteiger charge is 2.37. The molecule has 0 atom stereocenters. The summed E-state index contributed by atoms with van der Waals surface area (Å²) in [7, 11) is 0. The number of fused-ring (bicyclic) bond motifs is 1. The predicted molar refractivity (Wildman–Crippen MR) is 101 cm³/mol. The Hall–Kier alpha value is -3.26. The quantitative estimate of drug-likeness (QED) is 0.692. The molecule has 3 aromatic rings. The molecule has 1 saturated heterocycles. The van der Waals surface area contributed by atoms with Crippen molar-refractivity contribution in [3.05, 3.63) is 70.0 Å². The zero-order valence-electron chi connectivity index (χ0n) is 15.4. The summed E-state index contributed by atoms with van der Waals surface area (Å²) in [6.45, 7) is 2.53. The lowest BCUT2D eigenvalue weighted by Crippen LogP contribution is -2.46. The smallest absolute Gasteiger partial charge is 0.270 e. The average Bonchev–Trinajstić information content (AvgIpc) is 2.69. The zero-order chi connectivity index (χ0) is 19.9. The maximum absolute atomic E-state index is 12.9. The Kier molecular flexibility index (Phi) is 4.35. The topological polar surface area (TPSA) is 108 Å². The van der Waals surface area contributed by atoms with E-state index in [2.05, 4.69) is 9.97 Å². The molecule has 0 aromatic carbocycles. The molecule has 28 heavy (non-hydrogen) atoms. The van der Waals surface area contributed by atoms with E-state index in [1.807, 2.05) is 13.0 Å². The van der Waals surface area contributed by atoms with E-state index in [1.54, 1.807) is 12.3 Å². The molecule has 8 heteroatoms. The number of hydrogen-bond donors (Lipinski definition) is 2. The number of aromatic nitrogens is 3. The van der Waals surface area contributed by atoms with Crippen LogP contribution in [0.5, 0.6) is 5.75 Å². The molecule has 0 unspecified atom stereocenters. The molecule has 0 radical (unpaired) electrons. The fraction of sp³-hybridized carbons (Fsp3) is 0.300. The van der Waals surface area contributed by atoms with Crippen molar-refractivity contribution in [1.29, 1.82) is 0 Å². The van der Waals surface area contributed by atoms with E-state index in [1.165, 1.54) is 29.4 Å². The van der Waals surface area contributed by atoms with Gasteiger partial charge in [0.15, 0.2) is 11.4 Å². The molecule has 144 valence electrons. The highest BCUT2D eigenvalue weighted by atomic mass is 16.3. The first-order valence-electron chi connectivity index (χ1n) is 9.03. The number of likely N-dealkylation sites (tertiary alicyclic amines) is 1. The predicted octanol–water partition coefficient (Wildman–Crippen LogP) is 1.23. The molecular formula is C20H20N4O4. The van der Waals surface area contributed by atoms with Crippen molar-refractivity contribution in [1.82, 2.24) is 19.3 Å². The van der Waals surface area contributed by atoms with Crippen LogP contribution in [0.25, 0.3) is 5.65 Å². The number of amides is 1. The fourth-order valence-electron chi connectivity index (χ4n) is 3.49. The second-order valence-corrected chi connectivity index (χ2v) is 7.11. The number of piperidine rings is 1. The van der Waals surface area contributed by atoms with Crippen LogP contribution in [0.2, 0.25) is 0 Å². The standard InChI is InChI=1S/C20H20N4O4/c1-13-4-5-16(21-11-13)20(28)6-9-23(10-7-20)18(26)14-12-22-17-15(25)3-2-8-24(17)19(14)27/h2-5,8,11-12,25,28H,6-7,9-10H2,1H3. The van der Waals surface area contributed by atoms with Crippen molar-refractivity contribution in [2.75, 3.05) is 13.1 Å². The number of hydrogen-bond acceptors (Lipinski definition) is 6. The summed E-state index contributed by atoms with van der Waals surface area (Å²) >= 11 is 0. The Labute approximate surface area is 160 Å². The van der Waals surface area contributed by atoms with Gasteiger partial charge in [0.1, 0.15) is 11.2 Å². The molecule has 1 fully saturated rings. The molecule has 2 N–H and O–H groups in total. The molecule has 4 heterocycles. The fourth-order valence-corrected chi connectivity index (χ4v) is 3.49. The lowest BCUT2D eigenvalue weighted by molar-refractivity contribution is -0.0244. The van der Waals surface area contributed by atoms with E-state index < -0.39 is 17.1 Å². The van der Waals surface area contributed by atoms with E-state index >= 15 is 0 Å². The number of aromatic hydroxyl groups is 1. The Morgan fingerprint density at radius 1 is 1.14 bits per heavy atom. The summed E-state index contributed by atoms with van der Waals surface area (Å²) in [6, 6.07) is 6.64. The van der Waals surface area contributed by atoms with E-state index in [9.17, 15) is 19.8 Å². The van der Waals surface area contributed by atoms with E-state index in [0.29, 0.717) is 31.6 Å². The van der Waals surface area contributed by atoms with Crippen LogP contribution in [0.4, 0.5) is 0 Å². The van der Waals surface area contributed by atoms with Crippen molar-refractivity contribution in [3.63, 3.8) is 0 Å². The van der Waals surface area contributed by atoms with E-state index in [4.69, 9.17) is 0 Å². The third-order valence-electron chi connectivity index (χ3n) is 5.21. The number of aryl methyl sites for hydroxylation is 1. The molecule has 0 spiro atoms. The zero-order valence-corrected chi connectivity index (χ0v) is 15.4. The first kappa shape index (κ1) is 18.1. The maximum atomic E-state index is 12.9. The lowest BCUT2D eigenvalue weighted by Gasteiger charge is -2.37. The summed E-state index contributed by atoms with van der Waals surface area (Å²) in [6.07, 6.45) is 5.03. The number of nitrogens with zero attached hydrogens (tertiary/aromatic N) is 4.